The lowest BCUT2D eigenvalue weighted by atomic mass is 10.1. The number of piperidine rings is 1. The van der Waals surface area contributed by atoms with Crippen LogP contribution in [0.15, 0.2) is 12.4 Å². The maximum atomic E-state index is 13.5. The van der Waals surface area contributed by atoms with Crippen molar-refractivity contribution in [2.45, 2.75) is 18.6 Å². The monoisotopic (exact) mass is 214 g/mol. The van der Waals surface area contributed by atoms with Crippen molar-refractivity contribution in [3.05, 3.63) is 22.5 Å². The minimum atomic E-state index is -1.04. The summed E-state index contributed by atoms with van der Waals surface area (Å²) < 4.78 is 14.8. The molecule has 1 aliphatic rings. The van der Waals surface area contributed by atoms with Crippen molar-refractivity contribution < 1.29 is 9.31 Å². The van der Waals surface area contributed by atoms with Gasteiger partial charge in [0.25, 0.3) is 0 Å². The largest absolute Gasteiger partial charge is 0.314 e. The predicted molar refractivity (Wildman–Crippen MR) is 50.3 cm³/mol. The van der Waals surface area contributed by atoms with Crippen LogP contribution in [0.2, 0.25) is 0 Å². The summed E-state index contributed by atoms with van der Waals surface area (Å²) in [5, 5.41) is 17.2. The van der Waals surface area contributed by atoms with Crippen molar-refractivity contribution in [3.8, 4) is 0 Å². The molecule has 2 unspecified atom stereocenters. The Morgan fingerprint density at radius 2 is 2.53 bits per heavy atom. The maximum Gasteiger partial charge on any atom is 0.307 e. The highest BCUT2D eigenvalue weighted by molar-refractivity contribution is 5.21. The molecule has 1 N–H and O–H groups in total. The van der Waals surface area contributed by atoms with Gasteiger partial charge in [0.2, 0.25) is 0 Å². The third-order valence-corrected chi connectivity index (χ3v) is 2.51. The molecule has 0 radical (unpaired) electrons. The Morgan fingerprint density at radius 1 is 1.73 bits per heavy atom. The summed E-state index contributed by atoms with van der Waals surface area (Å²) in [6.45, 7) is 0.983. The van der Waals surface area contributed by atoms with Crippen LogP contribution >= 0.6 is 0 Å². The number of aromatic nitrogens is 2. The molecule has 0 aromatic carbocycles. The van der Waals surface area contributed by atoms with Crippen molar-refractivity contribution in [1.82, 2.24) is 15.1 Å². The van der Waals surface area contributed by atoms with Crippen LogP contribution < -0.4 is 5.32 Å². The van der Waals surface area contributed by atoms with E-state index in [1.807, 2.05) is 0 Å². The Bertz CT molecular complexity index is 367. The third kappa shape index (κ3) is 1.96. The zero-order valence-corrected chi connectivity index (χ0v) is 7.97. The average molecular weight is 214 g/mol. The van der Waals surface area contributed by atoms with E-state index in [2.05, 4.69) is 10.4 Å². The first-order chi connectivity index (χ1) is 7.18. The van der Waals surface area contributed by atoms with Gasteiger partial charge in [-0.1, -0.05) is 0 Å². The fourth-order valence-corrected chi connectivity index (χ4v) is 1.71. The average Bonchev–Trinajstić information content (AvgIpc) is 2.67. The minimum Gasteiger partial charge on any atom is -0.314 e. The van der Waals surface area contributed by atoms with Gasteiger partial charge in [-0.2, -0.15) is 5.10 Å². The predicted octanol–water partition coefficient (Wildman–Crippen LogP) is 0.664. The minimum absolute atomic E-state index is 0.0965. The Balaban J connectivity index is 2.17. The number of halogens is 1. The van der Waals surface area contributed by atoms with Crippen molar-refractivity contribution in [3.63, 3.8) is 0 Å². The summed E-state index contributed by atoms with van der Waals surface area (Å²) in [4.78, 5) is 9.89. The van der Waals surface area contributed by atoms with Gasteiger partial charge in [0.05, 0.1) is 11.0 Å². The third-order valence-electron chi connectivity index (χ3n) is 2.51. The molecule has 1 aromatic heterocycles. The van der Waals surface area contributed by atoms with Gasteiger partial charge in [0.1, 0.15) is 18.6 Å². The van der Waals surface area contributed by atoms with E-state index in [9.17, 15) is 14.5 Å². The van der Waals surface area contributed by atoms with Crippen molar-refractivity contribution in [2.24, 2.45) is 0 Å². The normalized spacial score (nSPS) is 26.5. The van der Waals surface area contributed by atoms with Crippen molar-refractivity contribution >= 4 is 5.69 Å². The van der Waals surface area contributed by atoms with Gasteiger partial charge in [-0.3, -0.25) is 14.8 Å². The van der Waals surface area contributed by atoms with Crippen molar-refractivity contribution in [2.75, 3.05) is 13.1 Å². The SMILES string of the molecule is O=[N+]([O-])c1cnn(C2CCNCC2F)c1. The van der Waals surface area contributed by atoms with Crippen molar-refractivity contribution in [1.29, 1.82) is 0 Å². The van der Waals surface area contributed by atoms with Gasteiger partial charge in [-0.15, -0.1) is 0 Å². The fraction of sp³-hybridized carbons (Fsp3) is 0.625. The zero-order valence-electron chi connectivity index (χ0n) is 7.97. The van der Waals surface area contributed by atoms with Crippen LogP contribution in [-0.2, 0) is 0 Å². The first-order valence-electron chi connectivity index (χ1n) is 4.72. The molecule has 2 heterocycles. The lowest BCUT2D eigenvalue weighted by Gasteiger charge is -2.26. The lowest BCUT2D eigenvalue weighted by Crippen LogP contribution is -2.39. The maximum absolute atomic E-state index is 13.5. The Hall–Kier alpha value is -1.50. The second-order valence-corrected chi connectivity index (χ2v) is 3.51. The molecule has 0 saturated carbocycles. The fourth-order valence-electron chi connectivity index (χ4n) is 1.71. The van der Waals surface area contributed by atoms with E-state index in [0.717, 1.165) is 6.20 Å². The number of nitro groups is 1. The number of rotatable bonds is 2. The molecule has 82 valence electrons. The highest BCUT2D eigenvalue weighted by Crippen LogP contribution is 2.22. The molecular weight excluding hydrogens is 203 g/mol. The summed E-state index contributed by atoms with van der Waals surface area (Å²) in [5.74, 6) is 0. The molecule has 1 fully saturated rings. The van der Waals surface area contributed by atoms with Gasteiger partial charge in [0.15, 0.2) is 0 Å². The van der Waals surface area contributed by atoms with E-state index in [0.29, 0.717) is 13.0 Å². The summed E-state index contributed by atoms with van der Waals surface area (Å²) in [5.41, 5.74) is -0.0965. The molecule has 1 aromatic rings. The zero-order chi connectivity index (χ0) is 10.8. The standard InChI is InChI=1S/C8H11FN4O2/c9-7-4-10-2-1-8(7)12-5-6(3-11-12)13(14)15/h3,5,7-8,10H,1-2,4H2. The number of hydrogen-bond donors (Lipinski definition) is 1. The van der Waals surface area contributed by atoms with Crippen LogP contribution in [0.4, 0.5) is 10.1 Å². The Morgan fingerprint density at radius 3 is 3.13 bits per heavy atom. The molecular formula is C8H11FN4O2. The van der Waals surface area contributed by atoms with Gasteiger partial charge in [-0.05, 0) is 13.0 Å². The molecule has 1 saturated heterocycles. The summed E-state index contributed by atoms with van der Waals surface area (Å²) >= 11 is 0. The summed E-state index contributed by atoms with van der Waals surface area (Å²) in [6.07, 6.45) is 1.98. The molecule has 0 bridgehead atoms. The number of nitrogens with one attached hydrogen (secondary N) is 1. The molecule has 7 heteroatoms. The smallest absolute Gasteiger partial charge is 0.307 e. The second kappa shape index (κ2) is 3.93. The van der Waals surface area contributed by atoms with E-state index in [4.69, 9.17) is 0 Å². The van der Waals surface area contributed by atoms with Crippen LogP contribution in [0.1, 0.15) is 12.5 Å². The van der Waals surface area contributed by atoms with Gasteiger partial charge in [-0.25, -0.2) is 4.39 Å². The molecule has 6 nitrogen and oxygen atoms in total. The molecule has 15 heavy (non-hydrogen) atoms. The summed E-state index contributed by atoms with van der Waals surface area (Å²) in [6, 6.07) is -0.389. The van der Waals surface area contributed by atoms with Crippen LogP contribution in [0.25, 0.3) is 0 Å². The van der Waals surface area contributed by atoms with Crippen LogP contribution in [0, 0.1) is 10.1 Å². The molecule has 1 aliphatic heterocycles. The summed E-state index contributed by atoms with van der Waals surface area (Å²) in [7, 11) is 0. The lowest BCUT2D eigenvalue weighted by molar-refractivity contribution is -0.385. The highest BCUT2D eigenvalue weighted by Gasteiger charge is 2.27. The van der Waals surface area contributed by atoms with Gasteiger partial charge < -0.3 is 5.32 Å². The first kappa shape index (κ1) is 10.0. The van der Waals surface area contributed by atoms with Crippen LogP contribution in [0.3, 0.4) is 0 Å². The highest BCUT2D eigenvalue weighted by atomic mass is 19.1. The van der Waals surface area contributed by atoms with E-state index < -0.39 is 11.1 Å². The van der Waals surface area contributed by atoms with Crippen LogP contribution in [0.5, 0.6) is 0 Å². The Labute approximate surface area is 85.2 Å². The quantitative estimate of drug-likeness (QED) is 0.580. The van der Waals surface area contributed by atoms with E-state index in [1.54, 1.807) is 0 Å². The molecule has 2 rings (SSSR count). The van der Waals surface area contributed by atoms with Gasteiger partial charge in [0, 0.05) is 6.54 Å². The molecule has 0 amide bonds. The van der Waals surface area contributed by atoms with Crippen LogP contribution in [-0.4, -0.2) is 34.0 Å². The molecule has 2 atom stereocenters. The number of alkyl halides is 1. The van der Waals surface area contributed by atoms with E-state index in [1.165, 1.54) is 10.9 Å². The van der Waals surface area contributed by atoms with E-state index in [-0.39, 0.29) is 18.3 Å². The Kier molecular flexibility index (Phi) is 2.63. The van der Waals surface area contributed by atoms with E-state index >= 15 is 0 Å². The topological polar surface area (TPSA) is 73.0 Å². The first-order valence-corrected chi connectivity index (χ1v) is 4.72. The molecule has 0 spiro atoms. The van der Waals surface area contributed by atoms with Gasteiger partial charge >= 0.3 is 5.69 Å². The second-order valence-electron chi connectivity index (χ2n) is 3.51. The number of nitrogens with zero attached hydrogens (tertiary/aromatic N) is 3. The number of hydrogen-bond acceptors (Lipinski definition) is 4. The molecule has 0 aliphatic carbocycles.